The Labute approximate surface area is 406 Å². The lowest BCUT2D eigenvalue weighted by Crippen LogP contribution is -2.44. The fourth-order valence-corrected chi connectivity index (χ4v) is 9.99. The Morgan fingerprint density at radius 1 is 0.652 bits per heavy atom. The van der Waals surface area contributed by atoms with E-state index < -0.39 is 15.9 Å². The summed E-state index contributed by atoms with van der Waals surface area (Å²) in [6.07, 6.45) is 3.57. The monoisotopic (exact) mass is 967 g/mol. The smallest absolute Gasteiger partial charge is 0.253 e. The Morgan fingerprint density at radius 2 is 1.25 bits per heavy atom. The minimum Gasteiger partial charge on any atom is -0.485 e. The van der Waals surface area contributed by atoms with E-state index in [1.54, 1.807) is 33.2 Å². The van der Waals surface area contributed by atoms with Crippen molar-refractivity contribution >= 4 is 73.3 Å². The van der Waals surface area contributed by atoms with Gasteiger partial charge in [-0.2, -0.15) is 9.97 Å². The van der Waals surface area contributed by atoms with E-state index in [9.17, 15) is 8.42 Å². The van der Waals surface area contributed by atoms with E-state index in [1.807, 2.05) is 109 Å². The number of anilines is 7. The number of aromatic nitrogens is 6. The molecule has 0 radical (unpaired) electrons. The number of likely N-dealkylation sites (N-methyl/N-ethyl adjacent to an activating group) is 2. The molecular formula is C50H54ClN13O4S. The molecule has 4 aromatic heterocycles. The minimum atomic E-state index is -4.11. The van der Waals surface area contributed by atoms with Crippen LogP contribution in [0.5, 0.6) is 11.5 Å². The molecule has 0 unspecified atom stereocenters. The highest BCUT2D eigenvalue weighted by atomic mass is 35.5. The average Bonchev–Trinajstić information content (AvgIpc) is 4.00. The summed E-state index contributed by atoms with van der Waals surface area (Å²) in [5, 5.41) is 13.4. The Morgan fingerprint density at radius 3 is 1.90 bits per heavy atom. The van der Waals surface area contributed by atoms with Gasteiger partial charge >= 0.3 is 0 Å². The lowest BCUT2D eigenvalue weighted by atomic mass is 10.2. The van der Waals surface area contributed by atoms with Gasteiger partial charge in [0.15, 0.2) is 22.8 Å². The van der Waals surface area contributed by atoms with Crippen molar-refractivity contribution in [3.05, 3.63) is 150 Å². The van der Waals surface area contributed by atoms with E-state index in [-0.39, 0.29) is 19.2 Å². The minimum absolute atomic E-state index is 0.0580. The number of nitrogens with zero attached hydrogens (tertiary/aromatic N) is 12. The number of ether oxygens (including phenoxy) is 2. The quantitative estimate of drug-likeness (QED) is 0.103. The first-order valence-corrected chi connectivity index (χ1v) is 24.9. The lowest BCUT2D eigenvalue weighted by molar-refractivity contribution is 0.308. The number of para-hydroxylation sites is 1. The fourth-order valence-electron chi connectivity index (χ4n) is 8.53. The Bertz CT molecular complexity index is 3150. The van der Waals surface area contributed by atoms with Crippen molar-refractivity contribution in [2.75, 3.05) is 104 Å². The number of hydrogen-bond donors (Lipinski definition) is 1. The molecule has 0 aliphatic carbocycles. The van der Waals surface area contributed by atoms with E-state index in [0.717, 1.165) is 69.3 Å². The van der Waals surface area contributed by atoms with Crippen LogP contribution in [0.4, 0.5) is 40.3 Å². The van der Waals surface area contributed by atoms with Gasteiger partial charge in [0, 0.05) is 105 Å². The van der Waals surface area contributed by atoms with Crippen LogP contribution in [0.25, 0.3) is 11.3 Å². The van der Waals surface area contributed by atoms with Gasteiger partial charge in [-0.1, -0.05) is 41.9 Å². The third-order valence-electron chi connectivity index (χ3n) is 12.6. The molecule has 2 aliphatic rings. The van der Waals surface area contributed by atoms with Crippen molar-refractivity contribution in [1.29, 1.82) is 0 Å². The maximum Gasteiger partial charge on any atom is 0.253 e. The standard InChI is InChI=1S/C50H54ClN13O4S/c1-57-25-29-60(30-26-57)41-17-15-40(16-18-41)52-49-53-47-45(13-7-23-63(47)55-49)68-35-38-10-4-5-12-44(38)59(3)69(65,66)36-62(43-21-19-42(20-22-43)61-31-27-58(2)28-32-61)50-54-48-46(14-8-24-64(48)56-50)67-34-37-9-6-11-39(51)33-37/h4-24,33H,25-32,34-36H2,1-3H3,(H,52,55). The van der Waals surface area contributed by atoms with Crippen LogP contribution in [0.3, 0.4) is 0 Å². The molecule has 6 heterocycles. The van der Waals surface area contributed by atoms with Crippen molar-refractivity contribution in [2.45, 2.75) is 13.2 Å². The van der Waals surface area contributed by atoms with E-state index in [4.69, 9.17) is 36.1 Å². The summed E-state index contributed by atoms with van der Waals surface area (Å²) in [4.78, 5) is 20.7. The van der Waals surface area contributed by atoms with Crippen molar-refractivity contribution in [1.82, 2.24) is 39.0 Å². The summed E-state index contributed by atoms with van der Waals surface area (Å²) in [7, 11) is 1.72. The van der Waals surface area contributed by atoms with Gasteiger partial charge in [-0.3, -0.25) is 9.21 Å². The zero-order valence-corrected chi connectivity index (χ0v) is 40.3. The predicted molar refractivity (Wildman–Crippen MR) is 272 cm³/mol. The largest absolute Gasteiger partial charge is 0.485 e. The van der Waals surface area contributed by atoms with Crippen LogP contribution in [0.1, 0.15) is 11.1 Å². The van der Waals surface area contributed by atoms with Crippen LogP contribution in [-0.2, 0) is 23.2 Å². The highest BCUT2D eigenvalue weighted by molar-refractivity contribution is 7.92. The van der Waals surface area contributed by atoms with Crippen LogP contribution in [0, 0.1) is 0 Å². The van der Waals surface area contributed by atoms with E-state index in [2.05, 4.69) is 56.2 Å². The molecule has 19 heteroatoms. The Hall–Kier alpha value is -7.12. The molecule has 4 aromatic carbocycles. The summed E-state index contributed by atoms with van der Waals surface area (Å²) in [5.41, 5.74) is 6.66. The zero-order chi connectivity index (χ0) is 47.5. The molecule has 0 atom stereocenters. The molecule has 356 valence electrons. The summed E-state index contributed by atoms with van der Waals surface area (Å²) >= 11 is 6.24. The number of pyridine rings is 2. The molecule has 69 heavy (non-hydrogen) atoms. The van der Waals surface area contributed by atoms with E-state index in [1.165, 1.54) is 9.99 Å². The summed E-state index contributed by atoms with van der Waals surface area (Å²) in [6, 6.07) is 38.2. The van der Waals surface area contributed by atoms with Crippen molar-refractivity contribution in [3.63, 3.8) is 0 Å². The van der Waals surface area contributed by atoms with Gasteiger partial charge in [0.2, 0.25) is 5.95 Å². The molecular weight excluding hydrogens is 914 g/mol. The van der Waals surface area contributed by atoms with E-state index in [0.29, 0.717) is 50.7 Å². The van der Waals surface area contributed by atoms with Gasteiger partial charge in [-0.05, 0) is 111 Å². The molecule has 8 aromatic rings. The third-order valence-corrected chi connectivity index (χ3v) is 14.5. The molecule has 0 saturated carbocycles. The Kier molecular flexibility index (Phi) is 13.1. The maximum absolute atomic E-state index is 14.8. The normalized spacial score (nSPS) is 14.9. The molecule has 0 spiro atoms. The number of sulfonamides is 1. The number of piperazine rings is 2. The second-order valence-electron chi connectivity index (χ2n) is 17.4. The number of benzene rings is 4. The van der Waals surface area contributed by atoms with Crippen LogP contribution in [-0.4, -0.2) is 127 Å². The van der Waals surface area contributed by atoms with Gasteiger partial charge < -0.3 is 34.4 Å². The Balaban J connectivity index is 0.881. The summed E-state index contributed by atoms with van der Waals surface area (Å²) in [5.74, 6) is 1.10. The third kappa shape index (κ3) is 10.3. The van der Waals surface area contributed by atoms with Crippen molar-refractivity contribution in [3.8, 4) is 11.5 Å². The van der Waals surface area contributed by atoms with Crippen molar-refractivity contribution < 1.29 is 17.9 Å². The molecule has 10 rings (SSSR count). The van der Waals surface area contributed by atoms with Crippen molar-refractivity contribution in [2.24, 2.45) is 0 Å². The van der Waals surface area contributed by atoms with Gasteiger partial charge in [0.1, 0.15) is 19.1 Å². The molecule has 0 amide bonds. The summed E-state index contributed by atoms with van der Waals surface area (Å²) < 4.78 is 46.7. The molecule has 1 N–H and O–H groups in total. The van der Waals surface area contributed by atoms with Gasteiger partial charge in [-0.25, -0.2) is 17.4 Å². The predicted octanol–water partition coefficient (Wildman–Crippen LogP) is 7.39. The van der Waals surface area contributed by atoms with E-state index >= 15 is 0 Å². The SMILES string of the molecule is CN1CCN(c2ccc(Nc3nc4c(OCc5ccccc5N(C)S(=O)(=O)CN(c5ccc(N6CCN(C)CC6)cc5)c5nc6c(OCc7cccc(Cl)c7)cccn6n5)cccn4n3)cc2)CC1. The molecule has 17 nitrogen and oxygen atoms in total. The number of nitrogens with one attached hydrogen (secondary N) is 1. The maximum atomic E-state index is 14.8. The molecule has 2 aliphatic heterocycles. The zero-order valence-electron chi connectivity index (χ0n) is 38.8. The first-order valence-electron chi connectivity index (χ1n) is 22.9. The second kappa shape index (κ2) is 19.8. The van der Waals surface area contributed by atoms with Gasteiger partial charge in [0.05, 0.1) is 5.69 Å². The second-order valence-corrected chi connectivity index (χ2v) is 19.8. The fraction of sp³-hybridized carbons (Fsp3) is 0.280. The van der Waals surface area contributed by atoms with Gasteiger partial charge in [-0.15, -0.1) is 10.2 Å². The summed E-state index contributed by atoms with van der Waals surface area (Å²) in [6.45, 7) is 8.08. The first-order chi connectivity index (χ1) is 33.5. The number of fused-ring (bicyclic) bond motifs is 2. The molecule has 2 saturated heterocycles. The molecule has 0 bridgehead atoms. The number of hydrogen-bond acceptors (Lipinski definition) is 14. The van der Waals surface area contributed by atoms with Crippen LogP contribution in [0.15, 0.2) is 134 Å². The van der Waals surface area contributed by atoms with Crippen LogP contribution < -0.4 is 33.8 Å². The van der Waals surface area contributed by atoms with Crippen LogP contribution in [0.2, 0.25) is 5.02 Å². The first kappa shape index (κ1) is 45.7. The average molecular weight is 969 g/mol. The topological polar surface area (TPSA) is 144 Å². The highest BCUT2D eigenvalue weighted by Crippen LogP contribution is 2.32. The van der Waals surface area contributed by atoms with Crippen LogP contribution >= 0.6 is 11.6 Å². The van der Waals surface area contributed by atoms with Gasteiger partial charge in [0.25, 0.3) is 16.0 Å². The molecule has 2 fully saturated rings. The highest BCUT2D eigenvalue weighted by Gasteiger charge is 2.29. The number of halogens is 1. The lowest BCUT2D eigenvalue weighted by Gasteiger charge is -2.34. The number of rotatable bonds is 16.